The second-order valence-electron chi connectivity index (χ2n) is 18.6. The van der Waals surface area contributed by atoms with Gasteiger partial charge in [0.15, 0.2) is 0 Å². The minimum absolute atomic E-state index is 0.0262. The lowest BCUT2D eigenvalue weighted by Gasteiger charge is -2.22. The van der Waals surface area contributed by atoms with Crippen LogP contribution in [0.3, 0.4) is 0 Å². The van der Waals surface area contributed by atoms with Crippen LogP contribution in [0.25, 0.3) is 0 Å². The molecule has 2 atom stereocenters. The number of esters is 1. The molecule has 6 nitrogen and oxygen atoms in total. The number of aliphatic hydroxyl groups is 2. The maximum Gasteiger partial charge on any atom is 0.305 e. The van der Waals surface area contributed by atoms with E-state index >= 15 is 0 Å². The molecule has 0 rings (SSSR count). The number of unbranched alkanes of at least 4 members (excludes halogenated alkanes) is 33. The Morgan fingerprint density at radius 3 is 1.27 bits per heavy atom. The largest absolute Gasteiger partial charge is 0.466 e. The maximum absolute atomic E-state index is 12.5. The van der Waals surface area contributed by atoms with Crippen molar-refractivity contribution in [3.8, 4) is 0 Å². The average Bonchev–Trinajstić information content (AvgIpc) is 3.27. The molecule has 2 unspecified atom stereocenters. The molecule has 0 aliphatic carbocycles. The van der Waals surface area contributed by atoms with Gasteiger partial charge in [0, 0.05) is 12.8 Å². The van der Waals surface area contributed by atoms with Crippen LogP contribution in [-0.2, 0) is 14.3 Å². The highest BCUT2D eigenvalue weighted by Gasteiger charge is 2.20. The number of hydrogen-bond donors (Lipinski definition) is 3. The van der Waals surface area contributed by atoms with Crippen LogP contribution in [0, 0.1) is 0 Å². The van der Waals surface area contributed by atoms with Crippen LogP contribution in [0.2, 0.25) is 0 Å². The van der Waals surface area contributed by atoms with E-state index in [9.17, 15) is 19.8 Å². The van der Waals surface area contributed by atoms with Gasteiger partial charge in [-0.1, -0.05) is 224 Å². The van der Waals surface area contributed by atoms with Crippen LogP contribution in [0.4, 0.5) is 0 Å². The zero-order valence-corrected chi connectivity index (χ0v) is 41.4. The fourth-order valence-corrected chi connectivity index (χ4v) is 8.19. The minimum atomic E-state index is -0.682. The van der Waals surface area contributed by atoms with Crippen LogP contribution >= 0.6 is 0 Å². The predicted octanol–water partition coefficient (Wildman–Crippen LogP) is 16.5. The first-order chi connectivity index (χ1) is 30.5. The molecule has 0 bridgehead atoms. The van der Waals surface area contributed by atoms with Crippen molar-refractivity contribution in [2.24, 2.45) is 0 Å². The second-order valence-corrected chi connectivity index (χ2v) is 18.6. The lowest BCUT2D eigenvalue weighted by atomic mass is 10.0. The molecule has 6 heteroatoms. The molecule has 0 aromatic carbocycles. The molecule has 0 aliphatic heterocycles. The van der Waals surface area contributed by atoms with Gasteiger partial charge < -0.3 is 20.3 Å². The number of rotatable bonds is 50. The Kier molecular flexibility index (Phi) is 50.1. The molecule has 62 heavy (non-hydrogen) atoms. The number of carbonyl (C=O) groups is 2. The Balaban J connectivity index is 3.51. The fraction of sp³-hybridized carbons (Fsp3) is 0.857. The Bertz CT molecular complexity index is 1010. The summed E-state index contributed by atoms with van der Waals surface area (Å²) in [6, 6.07) is -0.563. The van der Waals surface area contributed by atoms with Gasteiger partial charge >= 0.3 is 5.97 Å². The lowest BCUT2D eigenvalue weighted by Crippen LogP contribution is -2.45. The molecule has 0 aromatic heterocycles. The highest BCUT2D eigenvalue weighted by molar-refractivity contribution is 5.76. The van der Waals surface area contributed by atoms with Gasteiger partial charge in [-0.25, -0.2) is 0 Å². The van der Waals surface area contributed by atoms with E-state index in [-0.39, 0.29) is 18.5 Å². The molecule has 0 aromatic rings. The third kappa shape index (κ3) is 47.6. The van der Waals surface area contributed by atoms with E-state index in [2.05, 4.69) is 55.6 Å². The van der Waals surface area contributed by atoms with Crippen molar-refractivity contribution in [1.82, 2.24) is 5.32 Å². The summed E-state index contributed by atoms with van der Waals surface area (Å²) in [5, 5.41) is 23.2. The van der Waals surface area contributed by atoms with E-state index in [4.69, 9.17) is 4.74 Å². The topological polar surface area (TPSA) is 95.9 Å². The standard InChI is InChI=1S/C56H105NO5/c1-3-5-7-9-11-13-15-17-19-21-24-28-32-36-40-44-48-54(59)53(52-58)57-55(60)49-45-41-37-33-29-25-23-27-31-35-39-43-47-51-62-56(61)50-46-42-38-34-30-26-22-20-18-16-14-12-10-8-6-4-2/h14,16,20,22,25,29,53-54,58-59H,3-13,15,17-19,21,23-24,26-28,30-52H2,1-2H3,(H,57,60)/b16-14-,22-20-,29-25-. The molecule has 0 spiro atoms. The normalized spacial score (nSPS) is 12.9. The van der Waals surface area contributed by atoms with E-state index in [0.717, 1.165) is 83.5 Å². The van der Waals surface area contributed by atoms with Crippen molar-refractivity contribution in [3.05, 3.63) is 36.5 Å². The number of allylic oxidation sites excluding steroid dienone is 6. The fourth-order valence-electron chi connectivity index (χ4n) is 8.19. The summed E-state index contributed by atoms with van der Waals surface area (Å²) in [7, 11) is 0. The highest BCUT2D eigenvalue weighted by Crippen LogP contribution is 2.16. The second kappa shape index (κ2) is 51.7. The van der Waals surface area contributed by atoms with Gasteiger partial charge in [0.2, 0.25) is 5.91 Å². The van der Waals surface area contributed by atoms with Gasteiger partial charge in [0.05, 0.1) is 25.4 Å². The first-order valence-electron chi connectivity index (χ1n) is 27.2. The Labute approximate surface area is 385 Å². The SMILES string of the molecule is CCCCCC/C=C\C/C=C\CCCCCCCC(=O)OCCCCCCCC/C=C\CCCCCC(=O)NC(CO)C(O)CCCCCCCCCCCCCCCCCC. The van der Waals surface area contributed by atoms with Crippen LogP contribution in [0.1, 0.15) is 284 Å². The van der Waals surface area contributed by atoms with E-state index in [0.29, 0.717) is 25.9 Å². The number of aliphatic hydroxyl groups excluding tert-OH is 2. The third-order valence-electron chi connectivity index (χ3n) is 12.4. The Morgan fingerprint density at radius 1 is 0.452 bits per heavy atom. The quantitative estimate of drug-likeness (QED) is 0.0321. The summed E-state index contributed by atoms with van der Waals surface area (Å²) >= 11 is 0. The number of nitrogens with one attached hydrogen (secondary N) is 1. The zero-order valence-electron chi connectivity index (χ0n) is 41.4. The zero-order chi connectivity index (χ0) is 45.1. The first kappa shape index (κ1) is 60.1. The molecule has 1 amide bonds. The van der Waals surface area contributed by atoms with Gasteiger partial charge in [-0.3, -0.25) is 9.59 Å². The molecule has 0 heterocycles. The summed E-state index contributed by atoms with van der Waals surface area (Å²) in [6.07, 6.45) is 62.6. The van der Waals surface area contributed by atoms with Gasteiger partial charge in [-0.2, -0.15) is 0 Å². The predicted molar refractivity (Wildman–Crippen MR) is 269 cm³/mol. The molecule has 0 saturated heterocycles. The number of hydrogen-bond acceptors (Lipinski definition) is 5. The van der Waals surface area contributed by atoms with Gasteiger partial charge in [0.25, 0.3) is 0 Å². The summed E-state index contributed by atoms with van der Waals surface area (Å²) in [6.45, 7) is 4.89. The van der Waals surface area contributed by atoms with Crippen LogP contribution in [0.15, 0.2) is 36.5 Å². The van der Waals surface area contributed by atoms with Crippen LogP contribution < -0.4 is 5.32 Å². The molecule has 0 radical (unpaired) electrons. The molecule has 364 valence electrons. The molecule has 0 aliphatic rings. The van der Waals surface area contributed by atoms with Gasteiger partial charge in [-0.05, 0) is 83.5 Å². The summed E-state index contributed by atoms with van der Waals surface area (Å²) in [5.74, 6) is -0.0914. The number of amides is 1. The Morgan fingerprint density at radius 2 is 0.806 bits per heavy atom. The van der Waals surface area contributed by atoms with Gasteiger partial charge in [0.1, 0.15) is 0 Å². The minimum Gasteiger partial charge on any atom is -0.466 e. The van der Waals surface area contributed by atoms with Gasteiger partial charge in [-0.15, -0.1) is 0 Å². The average molecular weight is 872 g/mol. The van der Waals surface area contributed by atoms with E-state index in [1.165, 1.54) is 167 Å². The molecular formula is C56H105NO5. The molecule has 0 fully saturated rings. The van der Waals surface area contributed by atoms with Crippen molar-refractivity contribution in [3.63, 3.8) is 0 Å². The number of ether oxygens (including phenoxy) is 1. The van der Waals surface area contributed by atoms with Crippen molar-refractivity contribution in [2.45, 2.75) is 296 Å². The Hall–Kier alpha value is -1.92. The monoisotopic (exact) mass is 872 g/mol. The summed E-state index contributed by atoms with van der Waals surface area (Å²) in [5.41, 5.74) is 0. The van der Waals surface area contributed by atoms with Crippen LogP contribution in [-0.4, -0.2) is 47.4 Å². The number of carbonyl (C=O) groups excluding carboxylic acids is 2. The van der Waals surface area contributed by atoms with Crippen molar-refractivity contribution >= 4 is 11.9 Å². The molecular weight excluding hydrogens is 767 g/mol. The third-order valence-corrected chi connectivity index (χ3v) is 12.4. The maximum atomic E-state index is 12.5. The first-order valence-corrected chi connectivity index (χ1v) is 27.2. The molecule has 3 N–H and O–H groups in total. The van der Waals surface area contributed by atoms with E-state index < -0.39 is 12.1 Å². The molecule has 0 saturated carbocycles. The van der Waals surface area contributed by atoms with Crippen molar-refractivity contribution < 1.29 is 24.5 Å². The van der Waals surface area contributed by atoms with Crippen molar-refractivity contribution in [2.75, 3.05) is 13.2 Å². The van der Waals surface area contributed by atoms with Crippen molar-refractivity contribution in [1.29, 1.82) is 0 Å². The lowest BCUT2D eigenvalue weighted by molar-refractivity contribution is -0.143. The van der Waals surface area contributed by atoms with E-state index in [1.54, 1.807) is 0 Å². The summed E-state index contributed by atoms with van der Waals surface area (Å²) < 4.78 is 5.45. The highest BCUT2D eigenvalue weighted by atomic mass is 16.5. The smallest absolute Gasteiger partial charge is 0.305 e. The summed E-state index contributed by atoms with van der Waals surface area (Å²) in [4.78, 5) is 24.5. The van der Waals surface area contributed by atoms with Crippen LogP contribution in [0.5, 0.6) is 0 Å². The van der Waals surface area contributed by atoms with E-state index in [1.807, 2.05) is 0 Å².